The average Bonchev–Trinajstić information content (AvgIpc) is 2.92. The summed E-state index contributed by atoms with van der Waals surface area (Å²) in [7, 11) is 0. The molecule has 0 nitrogen and oxygen atoms in total. The fraction of sp³-hybridized carbons (Fsp3) is 0.412. The SMILES string of the molecule is Clc1ccc(C(Br)CC2CCCC2)c2ccccc12. The largest absolute Gasteiger partial charge is 0.0838 e. The Bertz CT molecular complexity index is 572. The van der Waals surface area contributed by atoms with Gasteiger partial charge in [0.25, 0.3) is 0 Å². The van der Waals surface area contributed by atoms with E-state index >= 15 is 0 Å². The van der Waals surface area contributed by atoms with Gasteiger partial charge in [-0.2, -0.15) is 0 Å². The number of alkyl halides is 1. The molecule has 0 amide bonds. The van der Waals surface area contributed by atoms with Crippen molar-refractivity contribution < 1.29 is 0 Å². The molecule has 1 saturated carbocycles. The second-order valence-corrected chi connectivity index (χ2v) is 7.05. The van der Waals surface area contributed by atoms with Gasteiger partial charge in [-0.05, 0) is 29.4 Å². The van der Waals surface area contributed by atoms with Crippen LogP contribution in [0.2, 0.25) is 5.02 Å². The van der Waals surface area contributed by atoms with Crippen LogP contribution >= 0.6 is 27.5 Å². The molecule has 0 bridgehead atoms. The molecular weight excluding hydrogens is 320 g/mol. The van der Waals surface area contributed by atoms with Gasteiger partial charge in [-0.3, -0.25) is 0 Å². The minimum atomic E-state index is 0.442. The molecule has 0 aromatic heterocycles. The van der Waals surface area contributed by atoms with Gasteiger partial charge in [0, 0.05) is 15.2 Å². The molecule has 1 fully saturated rings. The molecule has 1 aliphatic carbocycles. The maximum Gasteiger partial charge on any atom is 0.0484 e. The number of halogens is 2. The Kier molecular flexibility index (Phi) is 4.14. The number of rotatable bonds is 3. The van der Waals surface area contributed by atoms with E-state index in [2.05, 4.69) is 46.3 Å². The van der Waals surface area contributed by atoms with Crippen molar-refractivity contribution in [3.63, 3.8) is 0 Å². The molecule has 0 aliphatic heterocycles. The molecule has 0 heterocycles. The van der Waals surface area contributed by atoms with E-state index in [-0.39, 0.29) is 0 Å². The van der Waals surface area contributed by atoms with Gasteiger partial charge in [0.2, 0.25) is 0 Å². The molecule has 0 radical (unpaired) electrons. The standard InChI is InChI=1S/C17H18BrCl/c18-16(11-12-5-1-2-6-12)14-9-10-17(19)15-8-4-3-7-13(14)15/h3-4,7-10,12,16H,1-2,5-6,11H2. The Morgan fingerprint density at radius 1 is 1.05 bits per heavy atom. The van der Waals surface area contributed by atoms with Gasteiger partial charge in [0.1, 0.15) is 0 Å². The number of hydrogen-bond acceptors (Lipinski definition) is 0. The van der Waals surface area contributed by atoms with E-state index in [1.54, 1.807) is 0 Å². The summed E-state index contributed by atoms with van der Waals surface area (Å²) in [5.41, 5.74) is 1.38. The third-order valence-electron chi connectivity index (χ3n) is 4.26. The van der Waals surface area contributed by atoms with Crippen LogP contribution in [-0.2, 0) is 0 Å². The molecule has 2 aromatic carbocycles. The highest BCUT2D eigenvalue weighted by molar-refractivity contribution is 9.09. The van der Waals surface area contributed by atoms with Gasteiger partial charge in [0.05, 0.1) is 0 Å². The fourth-order valence-electron chi connectivity index (χ4n) is 3.22. The summed E-state index contributed by atoms with van der Waals surface area (Å²) in [6.45, 7) is 0. The van der Waals surface area contributed by atoms with Crippen LogP contribution < -0.4 is 0 Å². The zero-order chi connectivity index (χ0) is 13.2. The monoisotopic (exact) mass is 336 g/mol. The second-order valence-electron chi connectivity index (χ2n) is 5.54. The van der Waals surface area contributed by atoms with Gasteiger partial charge in [-0.1, -0.05) is 83.5 Å². The van der Waals surface area contributed by atoms with Crippen LogP contribution in [0.1, 0.15) is 42.5 Å². The van der Waals surface area contributed by atoms with E-state index in [1.165, 1.54) is 43.1 Å². The van der Waals surface area contributed by atoms with Crippen LogP contribution in [0.25, 0.3) is 10.8 Å². The minimum Gasteiger partial charge on any atom is -0.0838 e. The Labute approximate surface area is 128 Å². The van der Waals surface area contributed by atoms with Crippen LogP contribution in [0.5, 0.6) is 0 Å². The maximum atomic E-state index is 6.29. The Morgan fingerprint density at radius 3 is 2.47 bits per heavy atom. The first-order chi connectivity index (χ1) is 9.25. The van der Waals surface area contributed by atoms with Crippen molar-refractivity contribution in [3.05, 3.63) is 47.0 Å². The lowest BCUT2D eigenvalue weighted by Gasteiger charge is -2.17. The summed E-state index contributed by atoms with van der Waals surface area (Å²) >= 11 is 10.2. The molecule has 2 heteroatoms. The zero-order valence-corrected chi connectivity index (χ0v) is 13.3. The Morgan fingerprint density at radius 2 is 1.74 bits per heavy atom. The molecule has 19 heavy (non-hydrogen) atoms. The van der Waals surface area contributed by atoms with Crippen molar-refractivity contribution in [2.45, 2.75) is 36.9 Å². The zero-order valence-electron chi connectivity index (χ0n) is 10.9. The van der Waals surface area contributed by atoms with Gasteiger partial charge in [-0.25, -0.2) is 0 Å². The van der Waals surface area contributed by atoms with Crippen molar-refractivity contribution in [1.29, 1.82) is 0 Å². The van der Waals surface area contributed by atoms with E-state index in [0.29, 0.717) is 4.83 Å². The smallest absolute Gasteiger partial charge is 0.0484 e. The summed E-state index contributed by atoms with van der Waals surface area (Å²) in [6, 6.07) is 12.6. The Hall–Kier alpha value is -0.530. The topological polar surface area (TPSA) is 0 Å². The van der Waals surface area contributed by atoms with Crippen molar-refractivity contribution >= 4 is 38.3 Å². The first-order valence-corrected chi connectivity index (χ1v) is 8.36. The first-order valence-electron chi connectivity index (χ1n) is 7.07. The molecule has 1 unspecified atom stereocenters. The molecule has 2 aromatic rings. The second kappa shape index (κ2) is 5.85. The average molecular weight is 338 g/mol. The molecule has 1 aliphatic rings. The maximum absolute atomic E-state index is 6.29. The molecule has 0 saturated heterocycles. The molecule has 0 N–H and O–H groups in total. The number of hydrogen-bond donors (Lipinski definition) is 0. The fourth-order valence-corrected chi connectivity index (χ4v) is 4.38. The quantitative estimate of drug-likeness (QED) is 0.560. The summed E-state index contributed by atoms with van der Waals surface area (Å²) in [5, 5.41) is 3.30. The van der Waals surface area contributed by atoms with Gasteiger partial charge < -0.3 is 0 Å². The highest BCUT2D eigenvalue weighted by atomic mass is 79.9. The lowest BCUT2D eigenvalue weighted by molar-refractivity contribution is 0.502. The lowest BCUT2D eigenvalue weighted by Crippen LogP contribution is -2.00. The highest BCUT2D eigenvalue weighted by Gasteiger charge is 2.21. The van der Waals surface area contributed by atoms with Crippen LogP contribution in [0.3, 0.4) is 0 Å². The van der Waals surface area contributed by atoms with Crippen LogP contribution in [-0.4, -0.2) is 0 Å². The lowest BCUT2D eigenvalue weighted by atomic mass is 9.95. The van der Waals surface area contributed by atoms with Gasteiger partial charge in [-0.15, -0.1) is 0 Å². The molecule has 0 spiro atoms. The summed E-state index contributed by atoms with van der Waals surface area (Å²) < 4.78 is 0. The summed E-state index contributed by atoms with van der Waals surface area (Å²) in [6.07, 6.45) is 6.85. The van der Waals surface area contributed by atoms with E-state index in [9.17, 15) is 0 Å². The van der Waals surface area contributed by atoms with Crippen molar-refractivity contribution in [2.75, 3.05) is 0 Å². The molecule has 100 valence electrons. The van der Waals surface area contributed by atoms with E-state index in [0.717, 1.165) is 16.3 Å². The normalized spacial score (nSPS) is 18.0. The third kappa shape index (κ3) is 2.83. The number of fused-ring (bicyclic) bond motifs is 1. The number of benzene rings is 2. The third-order valence-corrected chi connectivity index (χ3v) is 5.45. The van der Waals surface area contributed by atoms with Gasteiger partial charge >= 0.3 is 0 Å². The van der Waals surface area contributed by atoms with Crippen LogP contribution in [0.4, 0.5) is 0 Å². The van der Waals surface area contributed by atoms with Crippen molar-refractivity contribution in [3.8, 4) is 0 Å². The molecular formula is C17H18BrCl. The predicted molar refractivity (Wildman–Crippen MR) is 87.2 cm³/mol. The van der Waals surface area contributed by atoms with Crippen LogP contribution in [0, 0.1) is 5.92 Å². The van der Waals surface area contributed by atoms with Gasteiger partial charge in [0.15, 0.2) is 0 Å². The predicted octanol–water partition coefficient (Wildman–Crippen LogP) is 6.51. The Balaban J connectivity index is 1.93. The first kappa shape index (κ1) is 13.5. The minimum absolute atomic E-state index is 0.442. The summed E-state index contributed by atoms with van der Waals surface area (Å²) in [5.74, 6) is 0.888. The van der Waals surface area contributed by atoms with Crippen molar-refractivity contribution in [2.24, 2.45) is 5.92 Å². The molecule has 1 atom stereocenters. The summed E-state index contributed by atoms with van der Waals surface area (Å²) in [4.78, 5) is 0.442. The molecule has 3 rings (SSSR count). The van der Waals surface area contributed by atoms with Crippen LogP contribution in [0.15, 0.2) is 36.4 Å². The van der Waals surface area contributed by atoms with E-state index in [4.69, 9.17) is 11.6 Å². The van der Waals surface area contributed by atoms with Crippen molar-refractivity contribution in [1.82, 2.24) is 0 Å². The van der Waals surface area contributed by atoms with E-state index < -0.39 is 0 Å². The van der Waals surface area contributed by atoms with E-state index in [1.807, 2.05) is 6.07 Å². The highest BCUT2D eigenvalue weighted by Crippen LogP contribution is 2.40.